The number of nitrogens with zero attached hydrogens (tertiary/aromatic N) is 4. The van der Waals surface area contributed by atoms with E-state index in [-0.39, 0.29) is 5.75 Å². The van der Waals surface area contributed by atoms with Gasteiger partial charge in [-0.15, -0.1) is 0 Å². The molecular formula is C19H22N6O5S. The van der Waals surface area contributed by atoms with Gasteiger partial charge in [-0.3, -0.25) is 10.4 Å². The number of morpholine rings is 1. The summed E-state index contributed by atoms with van der Waals surface area (Å²) in [6.07, 6.45) is 0.590. The average molecular weight is 446 g/mol. The maximum atomic E-state index is 11.9. The minimum absolute atomic E-state index is 0.210. The molecule has 1 aliphatic rings. The molecule has 3 heterocycles. The van der Waals surface area contributed by atoms with Crippen molar-refractivity contribution in [3.8, 4) is 11.3 Å². The van der Waals surface area contributed by atoms with E-state index in [0.717, 1.165) is 11.8 Å². The van der Waals surface area contributed by atoms with Crippen LogP contribution in [0.3, 0.4) is 0 Å². The Hall–Kier alpha value is -3.25. The van der Waals surface area contributed by atoms with Crippen molar-refractivity contribution >= 4 is 38.6 Å². The first-order valence-corrected chi connectivity index (χ1v) is 11.6. The summed E-state index contributed by atoms with van der Waals surface area (Å²) in [5.74, 6) is 0.290. The van der Waals surface area contributed by atoms with Crippen molar-refractivity contribution in [3.05, 3.63) is 30.0 Å². The summed E-state index contributed by atoms with van der Waals surface area (Å²) < 4.78 is 33.8. The highest BCUT2D eigenvalue weighted by atomic mass is 32.2. The van der Waals surface area contributed by atoms with E-state index in [2.05, 4.69) is 25.2 Å². The predicted molar refractivity (Wildman–Crippen MR) is 115 cm³/mol. The number of ether oxygens (including phenoxy) is 2. The summed E-state index contributed by atoms with van der Waals surface area (Å²) in [7, 11) is -2.02. The first kappa shape index (κ1) is 21.0. The number of rotatable bonds is 5. The van der Waals surface area contributed by atoms with Crippen molar-refractivity contribution in [2.45, 2.75) is 5.75 Å². The highest BCUT2D eigenvalue weighted by Crippen LogP contribution is 2.31. The summed E-state index contributed by atoms with van der Waals surface area (Å²) in [6, 6.07) is 7.00. The SMILES string of the molecule is COC(=O)Nc1ccc(-c2nc(N3CCOCC3)nc3n[nH]c(CS(C)(=O)=O)c23)cc1. The van der Waals surface area contributed by atoms with Gasteiger partial charge in [0.2, 0.25) is 5.95 Å². The van der Waals surface area contributed by atoms with Crippen molar-refractivity contribution in [2.24, 2.45) is 0 Å². The fraction of sp³-hybridized carbons (Fsp3) is 0.368. The third kappa shape index (κ3) is 4.75. The molecule has 0 atom stereocenters. The lowest BCUT2D eigenvalue weighted by Gasteiger charge is -2.27. The van der Waals surface area contributed by atoms with Gasteiger partial charge in [0, 0.05) is 30.6 Å². The van der Waals surface area contributed by atoms with Gasteiger partial charge in [-0.25, -0.2) is 18.2 Å². The molecular weight excluding hydrogens is 424 g/mol. The summed E-state index contributed by atoms with van der Waals surface area (Å²) >= 11 is 0. The first-order valence-electron chi connectivity index (χ1n) is 9.55. The molecule has 4 rings (SSSR count). The third-order valence-electron chi connectivity index (χ3n) is 4.77. The Morgan fingerprint density at radius 2 is 1.94 bits per heavy atom. The molecule has 1 saturated heterocycles. The Morgan fingerprint density at radius 1 is 1.23 bits per heavy atom. The van der Waals surface area contributed by atoms with Gasteiger partial charge in [0.1, 0.15) is 0 Å². The minimum atomic E-state index is -3.31. The van der Waals surface area contributed by atoms with E-state index in [9.17, 15) is 13.2 Å². The number of hydrogen-bond donors (Lipinski definition) is 2. The van der Waals surface area contributed by atoms with E-state index in [4.69, 9.17) is 9.72 Å². The van der Waals surface area contributed by atoms with Gasteiger partial charge >= 0.3 is 6.09 Å². The fourth-order valence-electron chi connectivity index (χ4n) is 3.33. The zero-order valence-electron chi connectivity index (χ0n) is 17.1. The molecule has 0 aliphatic carbocycles. The van der Waals surface area contributed by atoms with Crippen molar-refractivity contribution in [1.82, 2.24) is 20.2 Å². The molecule has 0 saturated carbocycles. The Kier molecular flexibility index (Phi) is 5.74. The molecule has 0 unspecified atom stereocenters. The van der Waals surface area contributed by atoms with Crippen LogP contribution in [-0.2, 0) is 25.1 Å². The van der Waals surface area contributed by atoms with Crippen LogP contribution in [-0.4, -0.2) is 74.3 Å². The highest BCUT2D eigenvalue weighted by molar-refractivity contribution is 7.89. The van der Waals surface area contributed by atoms with Crippen LogP contribution in [0.15, 0.2) is 24.3 Å². The maximum Gasteiger partial charge on any atom is 0.411 e. The van der Waals surface area contributed by atoms with Crippen molar-refractivity contribution in [2.75, 3.05) is 49.9 Å². The van der Waals surface area contributed by atoms with Gasteiger partial charge in [0.05, 0.1) is 42.9 Å². The molecule has 1 aromatic carbocycles. The maximum absolute atomic E-state index is 11.9. The van der Waals surface area contributed by atoms with Crippen LogP contribution < -0.4 is 10.2 Å². The number of anilines is 2. The smallest absolute Gasteiger partial charge is 0.411 e. The minimum Gasteiger partial charge on any atom is -0.453 e. The Morgan fingerprint density at radius 3 is 2.58 bits per heavy atom. The number of aromatic nitrogens is 4. The number of hydrogen-bond acceptors (Lipinski definition) is 9. The first-order chi connectivity index (χ1) is 14.8. The lowest BCUT2D eigenvalue weighted by molar-refractivity contribution is 0.122. The lowest BCUT2D eigenvalue weighted by atomic mass is 10.1. The second-order valence-electron chi connectivity index (χ2n) is 7.14. The third-order valence-corrected chi connectivity index (χ3v) is 5.58. The molecule has 0 spiro atoms. The normalized spacial score (nSPS) is 14.6. The number of carbonyl (C=O) groups is 1. The van der Waals surface area contributed by atoms with E-state index in [1.54, 1.807) is 24.3 Å². The number of aromatic amines is 1. The van der Waals surface area contributed by atoms with Crippen LogP contribution in [0, 0.1) is 0 Å². The number of sulfone groups is 1. The molecule has 2 N–H and O–H groups in total. The molecule has 3 aromatic rings. The van der Waals surface area contributed by atoms with Crippen molar-refractivity contribution in [1.29, 1.82) is 0 Å². The summed E-state index contributed by atoms with van der Waals surface area (Å²) in [5, 5.41) is 10.2. The van der Waals surface area contributed by atoms with Crippen LogP contribution >= 0.6 is 0 Å². The van der Waals surface area contributed by atoms with Crippen LogP contribution in [0.2, 0.25) is 0 Å². The number of H-pyrrole nitrogens is 1. The van der Waals surface area contributed by atoms with Gasteiger partial charge in [0.15, 0.2) is 15.5 Å². The quantitative estimate of drug-likeness (QED) is 0.598. The van der Waals surface area contributed by atoms with Crippen LogP contribution in [0.1, 0.15) is 5.69 Å². The molecule has 31 heavy (non-hydrogen) atoms. The monoisotopic (exact) mass is 446 g/mol. The largest absolute Gasteiger partial charge is 0.453 e. The zero-order valence-corrected chi connectivity index (χ0v) is 17.9. The van der Waals surface area contributed by atoms with Crippen LogP contribution in [0.25, 0.3) is 22.3 Å². The van der Waals surface area contributed by atoms with Crippen LogP contribution in [0.5, 0.6) is 0 Å². The standard InChI is InChI=1S/C19H22N6O5S/c1-29-19(26)20-13-5-3-12(4-6-13)16-15-14(11-31(2,27)28)23-24-17(15)22-18(21-16)25-7-9-30-10-8-25/h3-6H,7-11H2,1-2H3,(H,20,26)(H,21,22,23,24). The van der Waals surface area contributed by atoms with Crippen LogP contribution in [0.4, 0.5) is 16.4 Å². The molecule has 164 valence electrons. The lowest BCUT2D eigenvalue weighted by Crippen LogP contribution is -2.37. The number of nitrogens with one attached hydrogen (secondary N) is 2. The van der Waals surface area contributed by atoms with Gasteiger partial charge in [-0.2, -0.15) is 10.1 Å². The highest BCUT2D eigenvalue weighted by Gasteiger charge is 2.22. The number of carbonyl (C=O) groups excluding carboxylic acids is 1. The van der Waals surface area contributed by atoms with Crippen molar-refractivity contribution in [3.63, 3.8) is 0 Å². The van der Waals surface area contributed by atoms with E-state index in [1.165, 1.54) is 7.11 Å². The van der Waals surface area contributed by atoms with E-state index < -0.39 is 15.9 Å². The zero-order chi connectivity index (χ0) is 22.0. The number of fused-ring (bicyclic) bond motifs is 1. The predicted octanol–water partition coefficient (Wildman–Crippen LogP) is 1.58. The average Bonchev–Trinajstić information content (AvgIpc) is 3.15. The molecule has 11 nitrogen and oxygen atoms in total. The molecule has 1 fully saturated rings. The summed E-state index contributed by atoms with van der Waals surface area (Å²) in [5.41, 5.74) is 2.66. The molecule has 12 heteroatoms. The molecule has 0 bridgehead atoms. The molecule has 2 aromatic heterocycles. The Balaban J connectivity index is 1.81. The molecule has 1 aliphatic heterocycles. The molecule has 0 radical (unpaired) electrons. The second kappa shape index (κ2) is 8.47. The van der Waals surface area contributed by atoms with Crippen molar-refractivity contribution < 1.29 is 22.7 Å². The van der Waals surface area contributed by atoms with E-state index in [0.29, 0.717) is 60.4 Å². The van der Waals surface area contributed by atoms with Gasteiger partial charge in [-0.1, -0.05) is 12.1 Å². The van der Waals surface area contributed by atoms with Gasteiger partial charge in [0.25, 0.3) is 0 Å². The number of benzene rings is 1. The summed E-state index contributed by atoms with van der Waals surface area (Å²) in [4.78, 5) is 22.7. The van der Waals surface area contributed by atoms with E-state index >= 15 is 0 Å². The van der Waals surface area contributed by atoms with E-state index in [1.807, 2.05) is 4.90 Å². The van der Waals surface area contributed by atoms with Gasteiger partial charge < -0.3 is 14.4 Å². The topological polar surface area (TPSA) is 139 Å². The Bertz CT molecular complexity index is 1200. The Labute approximate surface area is 178 Å². The number of amides is 1. The second-order valence-corrected chi connectivity index (χ2v) is 9.28. The van der Waals surface area contributed by atoms with Gasteiger partial charge in [-0.05, 0) is 12.1 Å². The molecule has 1 amide bonds. The number of methoxy groups -OCH3 is 1. The summed E-state index contributed by atoms with van der Waals surface area (Å²) in [6.45, 7) is 2.44. The fourth-order valence-corrected chi connectivity index (χ4v) is 4.07.